The maximum absolute atomic E-state index is 12.6. The van der Waals surface area contributed by atoms with Crippen LogP contribution in [0.15, 0.2) is 54.6 Å². The molecule has 0 bridgehead atoms. The number of nitrogens with one attached hydrogen (secondary N) is 1. The van der Waals surface area contributed by atoms with E-state index in [1.165, 1.54) is 12.1 Å². The van der Waals surface area contributed by atoms with Gasteiger partial charge in [-0.15, -0.1) is 0 Å². The van der Waals surface area contributed by atoms with E-state index in [-0.39, 0.29) is 18.7 Å². The van der Waals surface area contributed by atoms with Gasteiger partial charge in [0.05, 0.1) is 11.7 Å². The Hall–Kier alpha value is -2.54. The van der Waals surface area contributed by atoms with Crippen LogP contribution < -0.4 is 10.1 Å². The number of hydrogen-bond acceptors (Lipinski definition) is 3. The van der Waals surface area contributed by atoms with Crippen LogP contribution in [0.2, 0.25) is 0 Å². The second kappa shape index (κ2) is 7.83. The zero-order valence-electron chi connectivity index (χ0n) is 12.6. The first-order valence-electron chi connectivity index (χ1n) is 7.16. The lowest BCUT2D eigenvalue weighted by Gasteiger charge is -2.14. The van der Waals surface area contributed by atoms with Gasteiger partial charge >= 0.3 is 6.18 Å². The maximum atomic E-state index is 12.6. The lowest BCUT2D eigenvalue weighted by Crippen LogP contribution is -2.32. The molecule has 2 rings (SSSR count). The quantitative estimate of drug-likeness (QED) is 0.851. The molecule has 0 aliphatic carbocycles. The Balaban J connectivity index is 1.84. The molecule has 0 saturated heterocycles. The molecule has 0 fully saturated rings. The van der Waals surface area contributed by atoms with Crippen molar-refractivity contribution in [2.45, 2.75) is 12.3 Å². The monoisotopic (exact) mass is 339 g/mol. The van der Waals surface area contributed by atoms with E-state index in [4.69, 9.17) is 4.74 Å². The van der Waals surface area contributed by atoms with Crippen molar-refractivity contribution in [2.24, 2.45) is 0 Å². The fourth-order valence-electron chi connectivity index (χ4n) is 1.97. The minimum atomic E-state index is -4.48. The number of rotatable bonds is 6. The van der Waals surface area contributed by atoms with Crippen LogP contribution >= 0.6 is 0 Å². The average molecular weight is 339 g/mol. The van der Waals surface area contributed by atoms with E-state index in [0.717, 1.165) is 12.1 Å². The van der Waals surface area contributed by atoms with Gasteiger partial charge in [-0.25, -0.2) is 0 Å². The predicted molar refractivity (Wildman–Crippen MR) is 81.4 cm³/mol. The molecular formula is C17H16F3NO3. The van der Waals surface area contributed by atoms with E-state index in [9.17, 15) is 23.1 Å². The summed E-state index contributed by atoms with van der Waals surface area (Å²) in [6.07, 6.45) is -5.73. The van der Waals surface area contributed by atoms with Crippen molar-refractivity contribution in [3.8, 4) is 5.75 Å². The van der Waals surface area contributed by atoms with Gasteiger partial charge in [-0.3, -0.25) is 4.79 Å². The highest BCUT2D eigenvalue weighted by atomic mass is 19.4. The van der Waals surface area contributed by atoms with Crippen LogP contribution in [0.5, 0.6) is 5.75 Å². The molecule has 4 nitrogen and oxygen atoms in total. The van der Waals surface area contributed by atoms with Crippen LogP contribution in [0.1, 0.15) is 17.2 Å². The first kappa shape index (κ1) is 17.8. The Morgan fingerprint density at radius 2 is 1.83 bits per heavy atom. The number of aliphatic hydroxyl groups is 1. The summed E-state index contributed by atoms with van der Waals surface area (Å²) < 4.78 is 43.1. The zero-order chi connectivity index (χ0) is 17.6. The van der Waals surface area contributed by atoms with Crippen molar-refractivity contribution < 1.29 is 27.8 Å². The number of alkyl halides is 3. The van der Waals surface area contributed by atoms with Crippen molar-refractivity contribution >= 4 is 5.91 Å². The highest BCUT2D eigenvalue weighted by molar-refractivity contribution is 5.77. The van der Waals surface area contributed by atoms with Crippen LogP contribution in [0.3, 0.4) is 0 Å². The molecule has 2 N–H and O–H groups in total. The normalized spacial score (nSPS) is 12.5. The van der Waals surface area contributed by atoms with Crippen LogP contribution in [-0.2, 0) is 11.0 Å². The van der Waals surface area contributed by atoms with Gasteiger partial charge in [0.1, 0.15) is 5.75 Å². The van der Waals surface area contributed by atoms with Crippen LogP contribution in [0, 0.1) is 0 Å². The number of hydrogen-bond donors (Lipinski definition) is 2. The third-order valence-electron chi connectivity index (χ3n) is 3.20. The topological polar surface area (TPSA) is 58.6 Å². The summed E-state index contributed by atoms with van der Waals surface area (Å²) in [6.45, 7) is -0.461. The molecule has 0 radical (unpaired) electrons. The van der Waals surface area contributed by atoms with Gasteiger partial charge in [-0.05, 0) is 29.8 Å². The number of para-hydroxylation sites is 1. The Morgan fingerprint density at radius 3 is 2.50 bits per heavy atom. The molecule has 0 aliphatic heterocycles. The second-order valence-corrected chi connectivity index (χ2v) is 5.04. The second-order valence-electron chi connectivity index (χ2n) is 5.04. The van der Waals surface area contributed by atoms with Gasteiger partial charge < -0.3 is 15.2 Å². The molecule has 24 heavy (non-hydrogen) atoms. The number of aliphatic hydroxyl groups excluding tert-OH is 1. The Kier molecular flexibility index (Phi) is 5.81. The van der Waals surface area contributed by atoms with Gasteiger partial charge in [-0.2, -0.15) is 13.2 Å². The Morgan fingerprint density at radius 1 is 1.12 bits per heavy atom. The smallest absolute Gasteiger partial charge is 0.416 e. The summed E-state index contributed by atoms with van der Waals surface area (Å²) in [5.74, 6) is 0.0379. The summed E-state index contributed by atoms with van der Waals surface area (Å²) in [6, 6.07) is 13.0. The van der Waals surface area contributed by atoms with Crippen molar-refractivity contribution in [2.75, 3.05) is 13.2 Å². The third-order valence-corrected chi connectivity index (χ3v) is 3.20. The molecule has 2 aromatic rings. The highest BCUT2D eigenvalue weighted by Crippen LogP contribution is 2.30. The molecule has 0 spiro atoms. The first-order chi connectivity index (χ1) is 11.4. The van der Waals surface area contributed by atoms with Crippen molar-refractivity contribution in [3.05, 3.63) is 65.7 Å². The number of carbonyl (C=O) groups is 1. The van der Waals surface area contributed by atoms with Gasteiger partial charge in [0.25, 0.3) is 5.91 Å². The fourth-order valence-corrected chi connectivity index (χ4v) is 1.97. The molecule has 1 amide bonds. The van der Waals surface area contributed by atoms with E-state index in [1.54, 1.807) is 30.3 Å². The molecule has 2 aromatic carbocycles. The molecule has 128 valence electrons. The van der Waals surface area contributed by atoms with Gasteiger partial charge in [0.2, 0.25) is 0 Å². The summed E-state index contributed by atoms with van der Waals surface area (Å²) in [7, 11) is 0. The summed E-state index contributed by atoms with van der Waals surface area (Å²) in [5, 5.41) is 12.3. The Labute approximate surface area is 136 Å². The third kappa shape index (κ3) is 5.27. The highest BCUT2D eigenvalue weighted by Gasteiger charge is 2.30. The molecule has 0 aromatic heterocycles. The molecule has 1 unspecified atom stereocenters. The lowest BCUT2D eigenvalue weighted by atomic mass is 10.1. The van der Waals surface area contributed by atoms with E-state index in [2.05, 4.69) is 5.32 Å². The number of ether oxygens (including phenoxy) is 1. The molecule has 0 saturated carbocycles. The predicted octanol–water partition coefficient (Wildman–Crippen LogP) is 2.93. The number of carbonyl (C=O) groups excluding carboxylic acids is 1. The van der Waals surface area contributed by atoms with Gasteiger partial charge in [0.15, 0.2) is 6.61 Å². The Bertz CT molecular complexity index is 674. The van der Waals surface area contributed by atoms with Crippen molar-refractivity contribution in [1.82, 2.24) is 5.32 Å². The SMILES string of the molecule is O=C(COc1ccccc1)NCC(O)c1cccc(C(F)(F)F)c1. The molecule has 1 atom stereocenters. The van der Waals surface area contributed by atoms with Gasteiger partial charge in [-0.1, -0.05) is 30.3 Å². The van der Waals surface area contributed by atoms with Crippen LogP contribution in [-0.4, -0.2) is 24.2 Å². The fraction of sp³-hybridized carbons (Fsp3) is 0.235. The van der Waals surface area contributed by atoms with Crippen molar-refractivity contribution in [1.29, 1.82) is 0 Å². The van der Waals surface area contributed by atoms with Gasteiger partial charge in [0, 0.05) is 6.54 Å². The lowest BCUT2D eigenvalue weighted by molar-refractivity contribution is -0.137. The number of halogens is 3. The minimum absolute atomic E-state index is 0.0779. The van der Waals surface area contributed by atoms with E-state index in [1.807, 2.05) is 0 Å². The molecular weight excluding hydrogens is 323 g/mol. The van der Waals surface area contributed by atoms with E-state index < -0.39 is 23.8 Å². The van der Waals surface area contributed by atoms with E-state index >= 15 is 0 Å². The molecule has 7 heteroatoms. The maximum Gasteiger partial charge on any atom is 0.416 e. The summed E-state index contributed by atoms with van der Waals surface area (Å²) in [5.41, 5.74) is -0.771. The zero-order valence-corrected chi connectivity index (χ0v) is 12.6. The average Bonchev–Trinajstić information content (AvgIpc) is 2.58. The van der Waals surface area contributed by atoms with Crippen LogP contribution in [0.4, 0.5) is 13.2 Å². The van der Waals surface area contributed by atoms with E-state index in [0.29, 0.717) is 5.75 Å². The molecule has 0 aliphatic rings. The number of benzene rings is 2. The largest absolute Gasteiger partial charge is 0.484 e. The van der Waals surface area contributed by atoms with Crippen LogP contribution in [0.25, 0.3) is 0 Å². The molecule has 0 heterocycles. The minimum Gasteiger partial charge on any atom is -0.484 e. The standard InChI is InChI=1S/C17H16F3NO3/c18-17(19,20)13-6-4-5-12(9-13)15(22)10-21-16(23)11-24-14-7-2-1-3-8-14/h1-9,15,22H,10-11H2,(H,21,23). The summed E-state index contributed by atoms with van der Waals surface area (Å²) >= 11 is 0. The first-order valence-corrected chi connectivity index (χ1v) is 7.16. The number of amides is 1. The van der Waals surface area contributed by atoms with Crippen molar-refractivity contribution in [3.63, 3.8) is 0 Å². The summed E-state index contributed by atoms with van der Waals surface area (Å²) in [4.78, 5) is 11.7.